The molecule has 0 aromatic heterocycles. The van der Waals surface area contributed by atoms with Gasteiger partial charge in [0, 0.05) is 6.07 Å². The van der Waals surface area contributed by atoms with Crippen molar-refractivity contribution in [3.63, 3.8) is 0 Å². The smallest absolute Gasteiger partial charge is 0.386 e. The van der Waals surface area contributed by atoms with Crippen molar-refractivity contribution in [3.8, 4) is 5.75 Å². The van der Waals surface area contributed by atoms with Crippen LogP contribution in [0, 0.1) is 35.2 Å². The average molecular weight is 567 g/mol. The van der Waals surface area contributed by atoms with Gasteiger partial charge in [0.15, 0.2) is 11.6 Å². The second kappa shape index (κ2) is 13.9. The first-order chi connectivity index (χ1) is 19.1. The number of benzene rings is 2. The number of halogens is 5. The number of hydrogen-bond donors (Lipinski definition) is 0. The molecule has 0 spiro atoms. The Labute approximate surface area is 233 Å². The molecule has 0 atom stereocenters. The van der Waals surface area contributed by atoms with Crippen molar-refractivity contribution < 1.29 is 36.2 Å². The number of ether oxygens (including phenoxy) is 2. The van der Waals surface area contributed by atoms with Crippen LogP contribution >= 0.6 is 0 Å². The van der Waals surface area contributed by atoms with Crippen LogP contribution in [0.5, 0.6) is 5.75 Å². The predicted molar refractivity (Wildman–Crippen MR) is 142 cm³/mol. The molecule has 220 valence electrons. The molecule has 4 rings (SSSR count). The summed E-state index contributed by atoms with van der Waals surface area (Å²) in [5, 5.41) is 0. The van der Waals surface area contributed by atoms with Crippen molar-refractivity contribution in [3.05, 3.63) is 65.0 Å². The quantitative estimate of drug-likeness (QED) is 0.154. The van der Waals surface area contributed by atoms with Gasteiger partial charge >= 0.3 is 12.1 Å². The molecule has 2 fully saturated rings. The van der Waals surface area contributed by atoms with Crippen molar-refractivity contribution >= 4 is 5.97 Å². The molecule has 8 heteroatoms. The number of esters is 1. The fraction of sp³-hybridized carbons (Fsp3) is 0.594. The molecule has 2 aromatic rings. The Morgan fingerprint density at radius 2 is 1.48 bits per heavy atom. The van der Waals surface area contributed by atoms with Gasteiger partial charge in [-0.3, -0.25) is 4.79 Å². The second-order valence-electron chi connectivity index (χ2n) is 11.5. The third-order valence-electron chi connectivity index (χ3n) is 8.55. The Bertz CT molecular complexity index is 1120. The van der Waals surface area contributed by atoms with E-state index >= 15 is 0 Å². The van der Waals surface area contributed by atoms with Gasteiger partial charge in [-0.25, -0.2) is 13.2 Å². The minimum Gasteiger partial charge on any atom is -0.426 e. The number of carbonyl (C=O) groups is 1. The van der Waals surface area contributed by atoms with E-state index in [0.29, 0.717) is 43.9 Å². The zero-order valence-electron chi connectivity index (χ0n) is 23.1. The van der Waals surface area contributed by atoms with E-state index in [1.54, 1.807) is 6.07 Å². The molecule has 0 saturated heterocycles. The lowest BCUT2D eigenvalue weighted by Crippen LogP contribution is -2.30. The van der Waals surface area contributed by atoms with Crippen LogP contribution in [-0.4, -0.2) is 12.1 Å². The van der Waals surface area contributed by atoms with Gasteiger partial charge in [-0.05, 0) is 106 Å². The molecule has 2 aliphatic carbocycles. The molecule has 40 heavy (non-hydrogen) atoms. The maximum absolute atomic E-state index is 14.8. The summed E-state index contributed by atoms with van der Waals surface area (Å²) < 4.78 is 80.9. The Morgan fingerprint density at radius 1 is 0.825 bits per heavy atom. The van der Waals surface area contributed by atoms with Crippen molar-refractivity contribution in [2.24, 2.45) is 17.8 Å². The van der Waals surface area contributed by atoms with Crippen LogP contribution < -0.4 is 4.74 Å². The molecule has 0 heterocycles. The van der Waals surface area contributed by atoms with E-state index in [1.165, 1.54) is 12.1 Å². The van der Waals surface area contributed by atoms with Crippen LogP contribution in [0.4, 0.5) is 22.0 Å². The van der Waals surface area contributed by atoms with Gasteiger partial charge in [0.25, 0.3) is 0 Å². The van der Waals surface area contributed by atoms with Crippen LogP contribution in [0.25, 0.3) is 0 Å². The standard InChI is InChI=1S/C32H39F5O3/c1-2-3-4-23-11-17-27(29(34)19-23)32(36,37)40-25-14-9-22(10-15-25)6-5-21-7-12-24(13-8-21)31(38)39-26-16-18-28(33)30(35)20-26/h11,16-22,24-25H,2-10,12-15H2,1H3. The Balaban J connectivity index is 1.15. The first-order valence-corrected chi connectivity index (χ1v) is 14.7. The lowest BCUT2D eigenvalue weighted by atomic mass is 9.77. The first kappa shape index (κ1) is 30.5. The number of carbonyl (C=O) groups excluding carboxylic acids is 1. The third-order valence-corrected chi connectivity index (χ3v) is 8.55. The summed E-state index contributed by atoms with van der Waals surface area (Å²) in [6, 6.07) is 6.97. The van der Waals surface area contributed by atoms with Crippen molar-refractivity contribution in [1.29, 1.82) is 0 Å². The van der Waals surface area contributed by atoms with Gasteiger partial charge in [-0.1, -0.05) is 32.3 Å². The third kappa shape index (κ3) is 8.27. The largest absolute Gasteiger partial charge is 0.426 e. The lowest BCUT2D eigenvalue weighted by molar-refractivity contribution is -0.279. The molecule has 2 saturated carbocycles. The first-order valence-electron chi connectivity index (χ1n) is 14.7. The maximum atomic E-state index is 14.8. The topological polar surface area (TPSA) is 35.5 Å². The number of unbranched alkanes of at least 4 members (excludes halogenated alkanes) is 1. The average Bonchev–Trinajstić information content (AvgIpc) is 2.93. The highest BCUT2D eigenvalue weighted by Gasteiger charge is 2.40. The Hall–Kier alpha value is -2.48. The van der Waals surface area contributed by atoms with E-state index < -0.39 is 41.2 Å². The van der Waals surface area contributed by atoms with E-state index in [9.17, 15) is 26.7 Å². The molecule has 0 amide bonds. The SMILES string of the molecule is CCCCc1ccc(C(F)(F)OC2CCC(CCC3CCC(C(=O)Oc4ccc(F)c(F)c4)CC3)CC2)c(F)c1. The predicted octanol–water partition coefficient (Wildman–Crippen LogP) is 9.26. The van der Waals surface area contributed by atoms with Gasteiger partial charge in [0.2, 0.25) is 0 Å². The van der Waals surface area contributed by atoms with E-state index in [-0.39, 0.29) is 11.7 Å². The summed E-state index contributed by atoms with van der Waals surface area (Å²) in [4.78, 5) is 12.4. The van der Waals surface area contributed by atoms with E-state index in [4.69, 9.17) is 9.47 Å². The molecule has 0 radical (unpaired) electrons. The van der Waals surface area contributed by atoms with Crippen LogP contribution in [-0.2, 0) is 22.1 Å². The second-order valence-corrected chi connectivity index (χ2v) is 11.5. The molecular weight excluding hydrogens is 527 g/mol. The molecule has 2 aliphatic rings. The van der Waals surface area contributed by atoms with Crippen LogP contribution in [0.3, 0.4) is 0 Å². The van der Waals surface area contributed by atoms with Gasteiger partial charge < -0.3 is 9.47 Å². The fourth-order valence-electron chi connectivity index (χ4n) is 6.04. The van der Waals surface area contributed by atoms with E-state index in [1.807, 2.05) is 6.92 Å². The number of hydrogen-bond acceptors (Lipinski definition) is 3. The van der Waals surface area contributed by atoms with Gasteiger partial charge in [-0.15, -0.1) is 0 Å². The van der Waals surface area contributed by atoms with Crippen molar-refractivity contribution in [1.82, 2.24) is 0 Å². The summed E-state index contributed by atoms with van der Waals surface area (Å²) in [5.74, 6) is -2.67. The van der Waals surface area contributed by atoms with Crippen LogP contribution in [0.15, 0.2) is 36.4 Å². The van der Waals surface area contributed by atoms with Gasteiger partial charge in [0.1, 0.15) is 11.6 Å². The monoisotopic (exact) mass is 566 g/mol. The zero-order chi connectivity index (χ0) is 28.7. The fourth-order valence-corrected chi connectivity index (χ4v) is 6.04. The Kier molecular flexibility index (Phi) is 10.6. The minimum atomic E-state index is -3.66. The molecule has 3 nitrogen and oxygen atoms in total. The van der Waals surface area contributed by atoms with E-state index in [2.05, 4.69) is 0 Å². The molecule has 0 N–H and O–H groups in total. The van der Waals surface area contributed by atoms with Crippen molar-refractivity contribution in [2.45, 2.75) is 103 Å². The number of alkyl halides is 2. The highest BCUT2D eigenvalue weighted by atomic mass is 19.3. The van der Waals surface area contributed by atoms with Crippen LogP contribution in [0.2, 0.25) is 0 Å². The molecular formula is C32H39F5O3. The normalized spacial score (nSPS) is 23.6. The number of rotatable bonds is 11. The minimum absolute atomic E-state index is 0.00816. The lowest BCUT2D eigenvalue weighted by Gasteiger charge is -2.33. The summed E-state index contributed by atoms with van der Waals surface area (Å²) in [6.07, 6.45) is 6.10. The van der Waals surface area contributed by atoms with E-state index in [0.717, 1.165) is 75.1 Å². The highest BCUT2D eigenvalue weighted by molar-refractivity contribution is 5.75. The maximum Gasteiger partial charge on any atom is 0.386 e. The number of aryl methyl sites for hydroxylation is 1. The molecule has 0 aliphatic heterocycles. The summed E-state index contributed by atoms with van der Waals surface area (Å²) in [5.41, 5.74) is 0.0219. The van der Waals surface area contributed by atoms with Crippen LogP contribution in [0.1, 0.15) is 95.1 Å². The molecule has 0 unspecified atom stereocenters. The summed E-state index contributed by atoms with van der Waals surface area (Å²) in [6.45, 7) is 2.03. The van der Waals surface area contributed by atoms with Gasteiger partial charge in [-0.2, -0.15) is 8.78 Å². The zero-order valence-corrected chi connectivity index (χ0v) is 23.1. The molecule has 2 aromatic carbocycles. The van der Waals surface area contributed by atoms with Gasteiger partial charge in [0.05, 0.1) is 17.6 Å². The highest BCUT2D eigenvalue weighted by Crippen LogP contribution is 2.40. The Morgan fingerprint density at radius 3 is 2.08 bits per heavy atom. The summed E-state index contributed by atoms with van der Waals surface area (Å²) in [7, 11) is 0. The van der Waals surface area contributed by atoms with Crippen molar-refractivity contribution in [2.75, 3.05) is 0 Å². The summed E-state index contributed by atoms with van der Waals surface area (Å²) >= 11 is 0. The molecule has 0 bridgehead atoms.